The standard InChI is InChI=1S/C23H23N3O/c1-16(19-13-18-8-3-5-11-21(18)25-14-19)24-15-23(27)26-22-12-6-9-17-7-2-4-10-20(17)22/h5-6,9,11-13,24-25H,1-2,4,7,10,14-15H2,(H,26,27). The Bertz CT molecular complexity index is 914. The van der Waals surface area contributed by atoms with Crippen molar-refractivity contribution in [3.63, 3.8) is 0 Å². The summed E-state index contributed by atoms with van der Waals surface area (Å²) in [5, 5.41) is 9.53. The van der Waals surface area contributed by atoms with E-state index in [1.54, 1.807) is 0 Å². The van der Waals surface area contributed by atoms with E-state index >= 15 is 0 Å². The summed E-state index contributed by atoms with van der Waals surface area (Å²) >= 11 is 0. The van der Waals surface area contributed by atoms with E-state index in [1.165, 1.54) is 24.0 Å². The molecule has 0 aromatic heterocycles. The molecule has 0 fully saturated rings. The van der Waals surface area contributed by atoms with Crippen LogP contribution in [-0.2, 0) is 17.6 Å². The maximum absolute atomic E-state index is 12.4. The first-order chi connectivity index (χ1) is 13.2. The van der Waals surface area contributed by atoms with Crippen molar-refractivity contribution in [2.45, 2.75) is 25.7 Å². The lowest BCUT2D eigenvalue weighted by atomic mass is 9.90. The normalized spacial score (nSPS) is 14.6. The first-order valence-electron chi connectivity index (χ1n) is 9.41. The second kappa shape index (κ2) is 7.59. The Labute approximate surface area is 160 Å². The number of hydrogen-bond donors (Lipinski definition) is 3. The molecule has 0 saturated heterocycles. The van der Waals surface area contributed by atoms with Gasteiger partial charge in [0.05, 0.1) is 12.2 Å². The van der Waals surface area contributed by atoms with Crippen LogP contribution in [0.3, 0.4) is 0 Å². The first kappa shape index (κ1) is 17.2. The summed E-state index contributed by atoms with van der Waals surface area (Å²) in [7, 11) is 0. The van der Waals surface area contributed by atoms with E-state index in [9.17, 15) is 4.79 Å². The average Bonchev–Trinajstić information content (AvgIpc) is 2.72. The molecular formula is C23H23N3O. The smallest absolute Gasteiger partial charge is 0.243 e. The lowest BCUT2D eigenvalue weighted by Gasteiger charge is -2.21. The van der Waals surface area contributed by atoms with Gasteiger partial charge in [0.15, 0.2) is 0 Å². The molecule has 0 spiro atoms. The van der Waals surface area contributed by atoms with Crippen molar-refractivity contribution in [3.8, 4) is 0 Å². The number of amides is 1. The SMILES string of the molecule is C=C(NCC(=O)Nc1cccc2c1CCCC2)C1=Cc2c#cccc2NC1. The topological polar surface area (TPSA) is 53.2 Å². The number of carbonyl (C=O) groups excluding carboxylic acids is 1. The van der Waals surface area contributed by atoms with Gasteiger partial charge in [-0.25, -0.2) is 0 Å². The highest BCUT2D eigenvalue weighted by Gasteiger charge is 2.15. The summed E-state index contributed by atoms with van der Waals surface area (Å²) in [6, 6.07) is 16.0. The Hall–Kier alpha value is -3.19. The zero-order valence-corrected chi connectivity index (χ0v) is 15.3. The van der Waals surface area contributed by atoms with E-state index in [1.807, 2.05) is 30.3 Å². The first-order valence-corrected chi connectivity index (χ1v) is 9.41. The predicted molar refractivity (Wildman–Crippen MR) is 109 cm³/mol. The van der Waals surface area contributed by atoms with Gasteiger partial charge in [-0.15, -0.1) is 0 Å². The van der Waals surface area contributed by atoms with Gasteiger partial charge in [-0.3, -0.25) is 4.79 Å². The third-order valence-corrected chi connectivity index (χ3v) is 5.14. The van der Waals surface area contributed by atoms with Crippen LogP contribution in [0.2, 0.25) is 0 Å². The predicted octanol–water partition coefficient (Wildman–Crippen LogP) is 3.72. The molecule has 1 aliphatic carbocycles. The average molecular weight is 357 g/mol. The number of nitrogens with one attached hydrogen (secondary N) is 3. The molecule has 4 rings (SSSR count). The van der Waals surface area contributed by atoms with Gasteiger partial charge in [-0.1, -0.05) is 30.8 Å². The number of carbonyl (C=O) groups is 1. The number of rotatable bonds is 5. The number of hydrogen-bond acceptors (Lipinski definition) is 3. The Balaban J connectivity index is 1.36. The molecule has 3 N–H and O–H groups in total. The molecule has 0 bridgehead atoms. The zero-order valence-electron chi connectivity index (χ0n) is 15.3. The van der Waals surface area contributed by atoms with Gasteiger partial charge < -0.3 is 16.0 Å². The number of fused-ring (bicyclic) bond motifs is 2. The molecular weight excluding hydrogens is 334 g/mol. The largest absolute Gasteiger partial charge is 0.380 e. The van der Waals surface area contributed by atoms with Crippen molar-refractivity contribution in [1.29, 1.82) is 0 Å². The minimum atomic E-state index is -0.0558. The van der Waals surface area contributed by atoms with Crippen LogP contribution < -0.4 is 16.0 Å². The summed E-state index contributed by atoms with van der Waals surface area (Å²) in [6.07, 6.45) is 6.59. The van der Waals surface area contributed by atoms with E-state index in [0.29, 0.717) is 6.54 Å². The van der Waals surface area contributed by atoms with Crippen molar-refractivity contribution in [1.82, 2.24) is 5.32 Å². The second-order valence-corrected chi connectivity index (χ2v) is 6.98. The summed E-state index contributed by atoms with van der Waals surface area (Å²) < 4.78 is 0. The number of benzene rings is 1. The third-order valence-electron chi connectivity index (χ3n) is 5.14. The summed E-state index contributed by atoms with van der Waals surface area (Å²) in [4.78, 5) is 12.4. The molecule has 0 radical (unpaired) electrons. The van der Waals surface area contributed by atoms with Gasteiger partial charge in [0.2, 0.25) is 5.91 Å². The molecule has 1 amide bonds. The molecule has 2 aromatic rings. The van der Waals surface area contributed by atoms with E-state index < -0.39 is 0 Å². The fourth-order valence-electron chi connectivity index (χ4n) is 3.67. The fraction of sp³-hybridized carbons (Fsp3) is 0.261. The molecule has 0 unspecified atom stereocenters. The van der Waals surface area contributed by atoms with Gasteiger partial charge in [-0.2, -0.15) is 0 Å². The fourth-order valence-corrected chi connectivity index (χ4v) is 3.67. The minimum absolute atomic E-state index is 0.0558. The van der Waals surface area contributed by atoms with Gasteiger partial charge in [-0.05, 0) is 66.7 Å². The van der Waals surface area contributed by atoms with Crippen molar-refractivity contribution >= 4 is 23.4 Å². The van der Waals surface area contributed by atoms with E-state index in [-0.39, 0.29) is 12.5 Å². The molecule has 2 aliphatic rings. The van der Waals surface area contributed by atoms with Crippen molar-refractivity contribution in [3.05, 3.63) is 77.0 Å². The molecule has 1 aliphatic heterocycles. The molecule has 27 heavy (non-hydrogen) atoms. The maximum Gasteiger partial charge on any atom is 0.243 e. The van der Waals surface area contributed by atoms with Crippen LogP contribution in [0.5, 0.6) is 0 Å². The van der Waals surface area contributed by atoms with Gasteiger partial charge in [0.1, 0.15) is 0 Å². The quantitative estimate of drug-likeness (QED) is 0.764. The van der Waals surface area contributed by atoms with Crippen LogP contribution in [0, 0.1) is 12.1 Å². The molecule has 0 atom stereocenters. The highest BCUT2D eigenvalue weighted by Crippen LogP contribution is 2.28. The molecule has 1 heterocycles. The zero-order chi connectivity index (χ0) is 18.6. The number of aryl methyl sites for hydroxylation is 1. The Morgan fingerprint density at radius 1 is 1.22 bits per heavy atom. The van der Waals surface area contributed by atoms with Gasteiger partial charge in [0.25, 0.3) is 0 Å². The minimum Gasteiger partial charge on any atom is -0.380 e. The number of anilines is 2. The van der Waals surface area contributed by atoms with Crippen LogP contribution in [0.25, 0.3) is 6.08 Å². The lowest BCUT2D eigenvalue weighted by Crippen LogP contribution is -2.29. The maximum atomic E-state index is 12.4. The van der Waals surface area contributed by atoms with E-state index in [2.05, 4.69) is 40.7 Å². The summed E-state index contributed by atoms with van der Waals surface area (Å²) in [5.74, 6) is -0.0558. The van der Waals surface area contributed by atoms with Gasteiger partial charge in [0, 0.05) is 23.5 Å². The Morgan fingerprint density at radius 3 is 3.04 bits per heavy atom. The molecule has 4 heteroatoms. The van der Waals surface area contributed by atoms with Crippen LogP contribution >= 0.6 is 0 Å². The van der Waals surface area contributed by atoms with Crippen molar-refractivity contribution in [2.24, 2.45) is 0 Å². The van der Waals surface area contributed by atoms with Crippen LogP contribution in [-0.4, -0.2) is 19.0 Å². The summed E-state index contributed by atoms with van der Waals surface area (Å²) in [5.41, 5.74) is 7.36. The highest BCUT2D eigenvalue weighted by molar-refractivity contribution is 5.93. The van der Waals surface area contributed by atoms with Crippen LogP contribution in [0.15, 0.2) is 48.2 Å². The van der Waals surface area contributed by atoms with Crippen molar-refractivity contribution in [2.75, 3.05) is 23.7 Å². The summed E-state index contributed by atoms with van der Waals surface area (Å²) in [6.45, 7) is 4.94. The molecule has 136 valence electrons. The third kappa shape index (κ3) is 3.83. The highest BCUT2D eigenvalue weighted by atomic mass is 16.1. The Morgan fingerprint density at radius 2 is 2.11 bits per heavy atom. The monoisotopic (exact) mass is 357 g/mol. The molecule has 4 nitrogen and oxygen atoms in total. The van der Waals surface area contributed by atoms with Gasteiger partial charge >= 0.3 is 0 Å². The molecule has 2 aromatic carbocycles. The lowest BCUT2D eigenvalue weighted by molar-refractivity contribution is -0.115. The second-order valence-electron chi connectivity index (χ2n) is 6.98. The van der Waals surface area contributed by atoms with Crippen LogP contribution in [0.1, 0.15) is 29.5 Å². The van der Waals surface area contributed by atoms with E-state index in [4.69, 9.17) is 0 Å². The van der Waals surface area contributed by atoms with Crippen LogP contribution in [0.4, 0.5) is 11.4 Å². The van der Waals surface area contributed by atoms with E-state index in [0.717, 1.165) is 41.1 Å². The molecule has 0 saturated carbocycles. The Kier molecular flexibility index (Phi) is 4.84. The van der Waals surface area contributed by atoms with Crippen molar-refractivity contribution < 1.29 is 4.79 Å².